The minimum Gasteiger partial charge on any atom is -0.329 e. The summed E-state index contributed by atoms with van der Waals surface area (Å²) in [6.07, 6.45) is -4.95. The minimum atomic E-state index is -4.12. The molecule has 1 heterocycles. The number of halogens is 3. The normalized spacial score (nSPS) is 12.1. The quantitative estimate of drug-likeness (QED) is 0.811. The molecule has 16 heavy (non-hydrogen) atoms. The summed E-state index contributed by atoms with van der Waals surface area (Å²) in [5, 5.41) is 8.11. The number of rotatable bonds is 5. The summed E-state index contributed by atoms with van der Waals surface area (Å²) in [6, 6.07) is 0. The SMILES string of the molecule is Cc1nnc(SCCC(F)(F)F)n1CCN. The maximum atomic E-state index is 11.9. The maximum absolute atomic E-state index is 11.9. The first-order valence-electron chi connectivity index (χ1n) is 4.73. The zero-order valence-electron chi connectivity index (χ0n) is 8.79. The van der Waals surface area contributed by atoms with Gasteiger partial charge in [-0.3, -0.25) is 0 Å². The smallest absolute Gasteiger partial charge is 0.329 e. The second-order valence-corrected chi connectivity index (χ2v) is 4.25. The van der Waals surface area contributed by atoms with Gasteiger partial charge in [0.05, 0.1) is 6.42 Å². The van der Waals surface area contributed by atoms with Crippen LogP contribution in [0.15, 0.2) is 5.16 Å². The fraction of sp³-hybridized carbons (Fsp3) is 0.750. The zero-order chi connectivity index (χ0) is 12.2. The lowest BCUT2D eigenvalue weighted by molar-refractivity contribution is -0.129. The summed E-state index contributed by atoms with van der Waals surface area (Å²) in [4.78, 5) is 0. The van der Waals surface area contributed by atoms with Gasteiger partial charge in [0.1, 0.15) is 5.82 Å². The van der Waals surface area contributed by atoms with Crippen molar-refractivity contribution in [1.29, 1.82) is 0 Å². The lowest BCUT2D eigenvalue weighted by atomic mass is 10.5. The standard InChI is InChI=1S/C8H13F3N4S/c1-6-13-14-7(15(6)4-3-12)16-5-2-8(9,10)11/h2-5,12H2,1H3. The van der Waals surface area contributed by atoms with Crippen LogP contribution in [0.3, 0.4) is 0 Å². The molecule has 0 radical (unpaired) electrons. The van der Waals surface area contributed by atoms with E-state index < -0.39 is 12.6 Å². The summed E-state index contributed by atoms with van der Waals surface area (Å²) in [7, 11) is 0. The molecule has 0 saturated heterocycles. The number of hydrogen-bond donors (Lipinski definition) is 1. The summed E-state index contributed by atoms with van der Waals surface area (Å²) >= 11 is 1.05. The van der Waals surface area contributed by atoms with Gasteiger partial charge < -0.3 is 10.3 Å². The van der Waals surface area contributed by atoms with Crippen molar-refractivity contribution < 1.29 is 13.2 Å². The van der Waals surface area contributed by atoms with Crippen molar-refractivity contribution in [1.82, 2.24) is 14.8 Å². The molecule has 8 heteroatoms. The number of aryl methyl sites for hydroxylation is 1. The molecule has 0 bridgehead atoms. The molecule has 0 amide bonds. The summed E-state index contributed by atoms with van der Waals surface area (Å²) < 4.78 is 37.5. The first-order valence-corrected chi connectivity index (χ1v) is 5.72. The number of nitrogens with two attached hydrogens (primary N) is 1. The van der Waals surface area contributed by atoms with Gasteiger partial charge in [-0.1, -0.05) is 11.8 Å². The molecule has 1 rings (SSSR count). The van der Waals surface area contributed by atoms with E-state index in [1.165, 1.54) is 0 Å². The molecule has 4 nitrogen and oxygen atoms in total. The van der Waals surface area contributed by atoms with Crippen molar-refractivity contribution in [3.05, 3.63) is 5.82 Å². The van der Waals surface area contributed by atoms with E-state index in [9.17, 15) is 13.2 Å². The lowest BCUT2D eigenvalue weighted by Crippen LogP contribution is -2.13. The monoisotopic (exact) mass is 254 g/mol. The van der Waals surface area contributed by atoms with Gasteiger partial charge in [0.2, 0.25) is 0 Å². The first-order chi connectivity index (χ1) is 7.44. The predicted molar refractivity (Wildman–Crippen MR) is 55.2 cm³/mol. The fourth-order valence-electron chi connectivity index (χ4n) is 1.11. The van der Waals surface area contributed by atoms with E-state index in [4.69, 9.17) is 5.73 Å². The van der Waals surface area contributed by atoms with Crippen LogP contribution < -0.4 is 5.73 Å². The van der Waals surface area contributed by atoms with E-state index in [2.05, 4.69) is 10.2 Å². The van der Waals surface area contributed by atoms with E-state index >= 15 is 0 Å². The van der Waals surface area contributed by atoms with Gasteiger partial charge in [0.25, 0.3) is 0 Å². The van der Waals surface area contributed by atoms with Crippen LogP contribution in [0.2, 0.25) is 0 Å². The Kier molecular flexibility index (Phi) is 4.60. The van der Waals surface area contributed by atoms with Gasteiger partial charge >= 0.3 is 6.18 Å². The third-order valence-corrected chi connectivity index (χ3v) is 2.84. The number of hydrogen-bond acceptors (Lipinski definition) is 4. The highest BCUT2D eigenvalue weighted by Crippen LogP contribution is 2.25. The van der Waals surface area contributed by atoms with Crippen molar-refractivity contribution in [3.63, 3.8) is 0 Å². The van der Waals surface area contributed by atoms with Crippen molar-refractivity contribution >= 4 is 11.8 Å². The Labute approximate surface area is 95.4 Å². The molecule has 0 aliphatic heterocycles. The van der Waals surface area contributed by atoms with Gasteiger partial charge in [0.15, 0.2) is 5.16 Å². The van der Waals surface area contributed by atoms with E-state index in [0.29, 0.717) is 24.1 Å². The zero-order valence-corrected chi connectivity index (χ0v) is 9.61. The Morgan fingerprint density at radius 2 is 2.06 bits per heavy atom. The maximum Gasteiger partial charge on any atom is 0.389 e. The molecule has 92 valence electrons. The van der Waals surface area contributed by atoms with Crippen LogP contribution in [0.1, 0.15) is 12.2 Å². The third-order valence-electron chi connectivity index (χ3n) is 1.87. The third kappa shape index (κ3) is 4.01. The Bertz CT molecular complexity index is 337. The highest BCUT2D eigenvalue weighted by atomic mass is 32.2. The first kappa shape index (κ1) is 13.3. The van der Waals surface area contributed by atoms with Crippen LogP contribution in [0, 0.1) is 6.92 Å². The van der Waals surface area contributed by atoms with Crippen molar-refractivity contribution in [2.24, 2.45) is 5.73 Å². The minimum absolute atomic E-state index is 0.0494. The summed E-state index contributed by atoms with van der Waals surface area (Å²) in [5.41, 5.74) is 5.39. The highest BCUT2D eigenvalue weighted by molar-refractivity contribution is 7.99. The van der Waals surface area contributed by atoms with Crippen LogP contribution in [0.4, 0.5) is 13.2 Å². The van der Waals surface area contributed by atoms with E-state index in [-0.39, 0.29) is 5.75 Å². The number of aromatic nitrogens is 3. The molecular formula is C8H13F3N4S. The summed E-state index contributed by atoms with van der Waals surface area (Å²) in [5.74, 6) is 0.617. The second-order valence-electron chi connectivity index (χ2n) is 3.18. The molecule has 1 aromatic rings. The van der Waals surface area contributed by atoms with Crippen LogP contribution in [-0.2, 0) is 6.54 Å². The molecule has 0 spiro atoms. The molecule has 0 aliphatic carbocycles. The number of alkyl halides is 3. The molecule has 0 atom stereocenters. The molecule has 0 unspecified atom stereocenters. The molecule has 0 saturated carbocycles. The fourth-order valence-corrected chi connectivity index (χ4v) is 2.11. The Morgan fingerprint density at radius 1 is 1.38 bits per heavy atom. The van der Waals surface area contributed by atoms with Gasteiger partial charge in [-0.2, -0.15) is 13.2 Å². The average Bonchev–Trinajstić information content (AvgIpc) is 2.48. The second kappa shape index (κ2) is 5.53. The van der Waals surface area contributed by atoms with E-state index in [1.807, 2.05) is 0 Å². The Balaban J connectivity index is 2.53. The Morgan fingerprint density at radius 3 is 2.62 bits per heavy atom. The van der Waals surface area contributed by atoms with Gasteiger partial charge in [-0.25, -0.2) is 0 Å². The molecule has 0 aromatic carbocycles. The highest BCUT2D eigenvalue weighted by Gasteiger charge is 2.26. The van der Waals surface area contributed by atoms with Crippen molar-refractivity contribution in [2.45, 2.75) is 31.2 Å². The van der Waals surface area contributed by atoms with Crippen LogP contribution in [-0.4, -0.2) is 33.2 Å². The largest absolute Gasteiger partial charge is 0.389 e. The van der Waals surface area contributed by atoms with Crippen molar-refractivity contribution in [2.75, 3.05) is 12.3 Å². The number of thioether (sulfide) groups is 1. The van der Waals surface area contributed by atoms with Gasteiger partial charge in [-0.05, 0) is 6.92 Å². The lowest BCUT2D eigenvalue weighted by Gasteiger charge is -2.07. The van der Waals surface area contributed by atoms with Crippen LogP contribution in [0.25, 0.3) is 0 Å². The molecular weight excluding hydrogens is 241 g/mol. The van der Waals surface area contributed by atoms with Gasteiger partial charge in [-0.15, -0.1) is 10.2 Å². The molecule has 0 aliphatic rings. The van der Waals surface area contributed by atoms with Crippen LogP contribution in [0.5, 0.6) is 0 Å². The van der Waals surface area contributed by atoms with Gasteiger partial charge in [0, 0.05) is 18.8 Å². The molecule has 1 aromatic heterocycles. The topological polar surface area (TPSA) is 56.7 Å². The Hall–Kier alpha value is -0.760. The summed E-state index contributed by atoms with van der Waals surface area (Å²) in [6.45, 7) is 2.68. The molecule has 2 N–H and O–H groups in total. The molecule has 0 fully saturated rings. The van der Waals surface area contributed by atoms with E-state index in [0.717, 1.165) is 11.8 Å². The van der Waals surface area contributed by atoms with E-state index in [1.54, 1.807) is 11.5 Å². The number of nitrogens with zero attached hydrogens (tertiary/aromatic N) is 3. The van der Waals surface area contributed by atoms with Crippen LogP contribution >= 0.6 is 11.8 Å². The average molecular weight is 254 g/mol. The van der Waals surface area contributed by atoms with Crippen molar-refractivity contribution in [3.8, 4) is 0 Å². The predicted octanol–water partition coefficient (Wildman–Crippen LogP) is 1.59.